The molecule has 16 nitrogen and oxygen atoms in total. The van der Waals surface area contributed by atoms with Gasteiger partial charge in [0, 0.05) is 101 Å². The normalized spacial score (nSPS) is 19.1. The molecule has 3 saturated heterocycles. The van der Waals surface area contributed by atoms with Gasteiger partial charge in [-0.1, -0.05) is 50.2 Å². The molecule has 2 aromatic heterocycles. The molecule has 6 aromatic rings. The van der Waals surface area contributed by atoms with E-state index in [9.17, 15) is 23.3 Å². The number of nitro groups is 1. The summed E-state index contributed by atoms with van der Waals surface area (Å²) < 4.78 is 47.0. The molecule has 4 fully saturated rings. The first kappa shape index (κ1) is 49.1. The van der Waals surface area contributed by atoms with Gasteiger partial charge in [0.1, 0.15) is 28.6 Å². The predicted octanol–water partition coefficient (Wildman–Crippen LogP) is 9.66. The van der Waals surface area contributed by atoms with E-state index in [4.69, 9.17) is 14.2 Å². The van der Waals surface area contributed by atoms with E-state index in [2.05, 4.69) is 85.0 Å². The molecule has 5 heterocycles. The van der Waals surface area contributed by atoms with Gasteiger partial charge in [0.2, 0.25) is 0 Å². The Balaban J connectivity index is 0.835. The highest BCUT2D eigenvalue weighted by Gasteiger charge is 2.50. The maximum absolute atomic E-state index is 14.1. The van der Waals surface area contributed by atoms with Crippen LogP contribution in [0, 0.1) is 21.4 Å². The van der Waals surface area contributed by atoms with Crippen LogP contribution in [0.2, 0.25) is 0 Å². The topological polar surface area (TPSA) is 184 Å². The third-order valence-electron chi connectivity index (χ3n) is 15.5. The van der Waals surface area contributed by atoms with E-state index in [1.54, 1.807) is 37.7 Å². The van der Waals surface area contributed by atoms with Crippen LogP contribution in [0.3, 0.4) is 0 Å². The number of nitro benzene ring substituents is 1. The summed E-state index contributed by atoms with van der Waals surface area (Å²) in [4.78, 5) is 40.5. The lowest BCUT2D eigenvalue weighted by Crippen LogP contribution is -2.60. The molecule has 17 heteroatoms. The molecule has 1 spiro atoms. The fourth-order valence-corrected chi connectivity index (χ4v) is 12.4. The Morgan fingerprint density at radius 2 is 1.72 bits per heavy atom. The van der Waals surface area contributed by atoms with E-state index in [1.807, 2.05) is 24.3 Å². The number of carbonyl (C=O) groups excluding carboxylic acids is 1. The quantitative estimate of drug-likeness (QED) is 0.0616. The zero-order valence-corrected chi connectivity index (χ0v) is 42.0. The second-order valence-corrected chi connectivity index (χ2v) is 22.0. The van der Waals surface area contributed by atoms with Crippen LogP contribution in [0.25, 0.3) is 11.0 Å². The summed E-state index contributed by atoms with van der Waals surface area (Å²) in [5.74, 6) is 1.14. The summed E-state index contributed by atoms with van der Waals surface area (Å²) in [6.07, 6.45) is 9.31. The van der Waals surface area contributed by atoms with Gasteiger partial charge in [-0.25, -0.2) is 18.1 Å². The highest BCUT2D eigenvalue weighted by atomic mass is 32.2. The fraction of sp³-hybridized carbons (Fsp3) is 0.418. The third-order valence-corrected chi connectivity index (χ3v) is 16.8. The maximum atomic E-state index is 14.1. The van der Waals surface area contributed by atoms with Gasteiger partial charge in [-0.15, -0.1) is 0 Å². The molecule has 378 valence electrons. The molecule has 3 N–H and O–H groups in total. The molecule has 1 atom stereocenters. The van der Waals surface area contributed by atoms with Crippen molar-refractivity contribution in [2.75, 3.05) is 69.8 Å². The lowest BCUT2D eigenvalue weighted by Gasteiger charge is -2.58. The Morgan fingerprint density at radius 3 is 2.47 bits per heavy atom. The van der Waals surface area contributed by atoms with Crippen LogP contribution in [0.15, 0.2) is 114 Å². The first-order valence-electron chi connectivity index (χ1n) is 25.2. The number of aromatic amines is 1. The lowest BCUT2D eigenvalue weighted by atomic mass is 9.59. The van der Waals surface area contributed by atoms with Crippen molar-refractivity contribution in [1.82, 2.24) is 24.5 Å². The second-order valence-electron chi connectivity index (χ2n) is 20.3. The number of aromatic nitrogens is 2. The summed E-state index contributed by atoms with van der Waals surface area (Å²) in [6.45, 7) is 11.8. The SMILES string of the molecule is COc1ccc(CN2CCN(C3CC4(CCN(c5ccc(C(=O)NS(=O)(=O)c6ccc(NCC7CCOCC7)c([N+](=O)[O-])c6)c(Oc6cnc7[nH]ccc7c6)c5)CC4)C3)[C@@H](c3ccccc3C(C)C)C2)cc1. The largest absolute Gasteiger partial charge is 0.497 e. The molecule has 1 amide bonds. The number of nitrogens with zero attached hydrogens (tertiary/aromatic N) is 5. The highest BCUT2D eigenvalue weighted by Crippen LogP contribution is 2.53. The number of ether oxygens (including phenoxy) is 3. The van der Waals surface area contributed by atoms with Gasteiger partial charge in [-0.3, -0.25) is 24.7 Å². The summed E-state index contributed by atoms with van der Waals surface area (Å²) >= 11 is 0. The van der Waals surface area contributed by atoms with Crippen molar-refractivity contribution in [2.45, 2.75) is 81.8 Å². The Labute approximate surface area is 421 Å². The van der Waals surface area contributed by atoms with Gasteiger partial charge >= 0.3 is 0 Å². The van der Waals surface area contributed by atoms with Crippen molar-refractivity contribution < 1.29 is 32.3 Å². The molecule has 1 saturated carbocycles. The molecule has 1 aliphatic carbocycles. The molecular formula is C55H64N8O8S. The first-order valence-corrected chi connectivity index (χ1v) is 26.7. The van der Waals surface area contributed by atoms with Gasteiger partial charge < -0.3 is 29.4 Å². The number of rotatable bonds is 16. The maximum Gasteiger partial charge on any atom is 0.293 e. The molecular weight excluding hydrogens is 933 g/mol. The Morgan fingerprint density at radius 1 is 0.944 bits per heavy atom. The van der Waals surface area contributed by atoms with E-state index in [0.717, 1.165) is 101 Å². The molecule has 10 rings (SSSR count). The summed E-state index contributed by atoms with van der Waals surface area (Å²) in [5.41, 5.74) is 5.67. The number of anilines is 2. The van der Waals surface area contributed by atoms with Crippen molar-refractivity contribution >= 4 is 44.0 Å². The number of piperidine rings is 1. The Hall–Kier alpha value is -6.53. The molecule has 3 aliphatic heterocycles. The van der Waals surface area contributed by atoms with Crippen LogP contribution in [0.4, 0.5) is 17.1 Å². The second kappa shape index (κ2) is 20.9. The van der Waals surface area contributed by atoms with Crippen molar-refractivity contribution in [1.29, 1.82) is 0 Å². The summed E-state index contributed by atoms with van der Waals surface area (Å²) in [6, 6.07) is 30.7. The number of fused-ring (bicyclic) bond motifs is 1. The van der Waals surface area contributed by atoms with Gasteiger partial charge in [0.25, 0.3) is 21.6 Å². The monoisotopic (exact) mass is 996 g/mol. The Bertz CT molecular complexity index is 3010. The number of H-pyrrole nitrogens is 1. The minimum atomic E-state index is -4.56. The predicted molar refractivity (Wildman–Crippen MR) is 278 cm³/mol. The number of amides is 1. The molecule has 0 unspecified atom stereocenters. The zero-order chi connectivity index (χ0) is 50.0. The van der Waals surface area contributed by atoms with Crippen molar-refractivity contribution in [3.8, 4) is 17.2 Å². The number of benzene rings is 4. The van der Waals surface area contributed by atoms with E-state index >= 15 is 0 Å². The number of pyridine rings is 1. The van der Waals surface area contributed by atoms with E-state index in [0.29, 0.717) is 49.2 Å². The minimum absolute atomic E-state index is 0.0197. The zero-order valence-electron chi connectivity index (χ0n) is 41.2. The van der Waals surface area contributed by atoms with Crippen molar-refractivity contribution in [3.05, 3.63) is 142 Å². The average Bonchev–Trinajstić information content (AvgIpc) is 3.86. The van der Waals surface area contributed by atoms with Crippen molar-refractivity contribution in [2.24, 2.45) is 11.3 Å². The van der Waals surface area contributed by atoms with Gasteiger partial charge in [-0.2, -0.15) is 0 Å². The van der Waals surface area contributed by atoms with Crippen LogP contribution in [-0.2, 0) is 21.3 Å². The van der Waals surface area contributed by atoms with Crippen LogP contribution in [0.1, 0.15) is 91.4 Å². The average molecular weight is 997 g/mol. The summed E-state index contributed by atoms with van der Waals surface area (Å²) in [7, 11) is -2.86. The van der Waals surface area contributed by atoms with E-state index in [-0.39, 0.29) is 28.3 Å². The smallest absolute Gasteiger partial charge is 0.293 e. The van der Waals surface area contributed by atoms with E-state index < -0.39 is 31.4 Å². The number of hydrogen-bond donors (Lipinski definition) is 3. The number of nitrogens with one attached hydrogen (secondary N) is 3. The standard InChI is InChI=1S/C55H64N8O8S/c1-37(2)46-6-4-5-7-47(46)51-36-60(35-39-8-11-43(69-3)12-9-39)24-25-62(51)42-31-55(32-42)19-22-61(23-20-55)41-10-14-48(52(29-41)71-44-28-40-16-21-56-53(40)58-34-44)54(64)59-72(67,68)45-13-15-49(50(30-45)63(65)66)57-33-38-17-26-70-27-18-38/h4-16,21,28-30,34,37-38,42,51,57H,17-20,22-27,31-33,35-36H2,1-3H3,(H,56,58)(H,59,64)/t51-/m1/s1. The number of hydrogen-bond acceptors (Lipinski definition) is 13. The van der Waals surface area contributed by atoms with Crippen LogP contribution in [-0.4, -0.2) is 105 Å². The van der Waals surface area contributed by atoms with Crippen LogP contribution < -0.4 is 24.4 Å². The molecule has 0 radical (unpaired) electrons. The lowest BCUT2D eigenvalue weighted by molar-refractivity contribution is -0.384. The van der Waals surface area contributed by atoms with Crippen LogP contribution >= 0.6 is 0 Å². The number of methoxy groups -OCH3 is 1. The first-order chi connectivity index (χ1) is 34.8. The van der Waals surface area contributed by atoms with E-state index in [1.165, 1.54) is 28.8 Å². The number of piperazine rings is 1. The van der Waals surface area contributed by atoms with Crippen LogP contribution in [0.5, 0.6) is 17.2 Å². The van der Waals surface area contributed by atoms with Gasteiger partial charge in [0.05, 0.1) is 28.7 Å². The molecule has 4 aliphatic rings. The molecule has 72 heavy (non-hydrogen) atoms. The third kappa shape index (κ3) is 10.7. The Kier molecular flexibility index (Phi) is 14.2. The molecule has 4 aromatic carbocycles. The van der Waals surface area contributed by atoms with Gasteiger partial charge in [0.15, 0.2) is 0 Å². The van der Waals surface area contributed by atoms with Gasteiger partial charge in [-0.05, 0) is 121 Å². The number of sulfonamides is 1. The highest BCUT2D eigenvalue weighted by molar-refractivity contribution is 7.90. The molecule has 0 bridgehead atoms. The fourth-order valence-electron chi connectivity index (χ4n) is 11.4. The summed E-state index contributed by atoms with van der Waals surface area (Å²) in [5, 5.41) is 16.1. The minimum Gasteiger partial charge on any atom is -0.497 e. The van der Waals surface area contributed by atoms with Crippen molar-refractivity contribution in [3.63, 3.8) is 0 Å². The number of carbonyl (C=O) groups is 1.